The van der Waals surface area contributed by atoms with Crippen LogP contribution in [0.1, 0.15) is 11.1 Å². The summed E-state index contributed by atoms with van der Waals surface area (Å²) in [7, 11) is 0. The summed E-state index contributed by atoms with van der Waals surface area (Å²) in [5.41, 5.74) is 4.51. The Balaban J connectivity index is 2.02. The number of aryl methyl sites for hydroxylation is 2. The molecule has 0 spiro atoms. The van der Waals surface area contributed by atoms with Crippen molar-refractivity contribution in [3.63, 3.8) is 0 Å². The second kappa shape index (κ2) is 6.25. The molecule has 124 valence electrons. The number of fused-ring (bicyclic) bond motifs is 1. The van der Waals surface area contributed by atoms with E-state index < -0.39 is 0 Å². The van der Waals surface area contributed by atoms with Crippen LogP contribution in [-0.2, 0) is 0 Å². The first-order chi connectivity index (χ1) is 12.0. The van der Waals surface area contributed by atoms with Gasteiger partial charge in [-0.3, -0.25) is 0 Å². The molecule has 0 saturated heterocycles. The van der Waals surface area contributed by atoms with Gasteiger partial charge >= 0.3 is 0 Å². The standard InChI is InChI=1S/C22H16Cl2O/c1-13-11-19-20(12-14(13)2)22(16-5-9-18(24)10-6-16)25-21(19)15-3-7-17(23)8-4-15/h3-12H,1-2H3. The average molecular weight is 367 g/mol. The number of hydrogen-bond acceptors (Lipinski definition) is 1. The Hall–Kier alpha value is -2.22. The molecule has 4 rings (SSSR count). The van der Waals surface area contributed by atoms with Crippen LogP contribution in [0.4, 0.5) is 0 Å². The molecule has 0 aliphatic carbocycles. The van der Waals surface area contributed by atoms with E-state index in [1.807, 2.05) is 48.5 Å². The van der Waals surface area contributed by atoms with Crippen LogP contribution in [0.25, 0.3) is 33.4 Å². The van der Waals surface area contributed by atoms with Crippen molar-refractivity contribution in [3.8, 4) is 22.6 Å². The fraction of sp³-hybridized carbons (Fsp3) is 0.0909. The van der Waals surface area contributed by atoms with Crippen LogP contribution in [0.2, 0.25) is 10.0 Å². The van der Waals surface area contributed by atoms with Gasteiger partial charge in [-0.05, 0) is 85.6 Å². The zero-order valence-electron chi connectivity index (χ0n) is 13.9. The van der Waals surface area contributed by atoms with Gasteiger partial charge in [-0.25, -0.2) is 0 Å². The van der Waals surface area contributed by atoms with Crippen molar-refractivity contribution < 1.29 is 4.42 Å². The van der Waals surface area contributed by atoms with Crippen molar-refractivity contribution in [3.05, 3.63) is 81.8 Å². The SMILES string of the molecule is Cc1cc2c(-c3ccc(Cl)cc3)oc(-c3ccc(Cl)cc3)c2cc1C. The normalized spacial score (nSPS) is 11.2. The van der Waals surface area contributed by atoms with E-state index in [0.717, 1.165) is 33.4 Å². The lowest BCUT2D eigenvalue weighted by molar-refractivity contribution is 0.602. The maximum Gasteiger partial charge on any atom is 0.142 e. The van der Waals surface area contributed by atoms with Gasteiger partial charge < -0.3 is 4.42 Å². The van der Waals surface area contributed by atoms with Crippen LogP contribution in [0, 0.1) is 13.8 Å². The van der Waals surface area contributed by atoms with E-state index in [0.29, 0.717) is 10.0 Å². The molecular weight excluding hydrogens is 351 g/mol. The lowest BCUT2D eigenvalue weighted by Gasteiger charge is -2.02. The van der Waals surface area contributed by atoms with Gasteiger partial charge in [0.25, 0.3) is 0 Å². The van der Waals surface area contributed by atoms with E-state index in [-0.39, 0.29) is 0 Å². The van der Waals surface area contributed by atoms with Crippen molar-refractivity contribution in [2.75, 3.05) is 0 Å². The Morgan fingerprint density at radius 1 is 0.600 bits per heavy atom. The third kappa shape index (κ3) is 2.95. The summed E-state index contributed by atoms with van der Waals surface area (Å²) in [6.45, 7) is 4.24. The van der Waals surface area contributed by atoms with Gasteiger partial charge in [-0.1, -0.05) is 23.2 Å². The minimum Gasteiger partial charge on any atom is -0.455 e. The number of furan rings is 1. The molecule has 0 atom stereocenters. The summed E-state index contributed by atoms with van der Waals surface area (Å²) < 4.78 is 6.34. The minimum absolute atomic E-state index is 0.713. The van der Waals surface area contributed by atoms with Gasteiger partial charge in [-0.2, -0.15) is 0 Å². The minimum atomic E-state index is 0.713. The van der Waals surface area contributed by atoms with Gasteiger partial charge in [0.05, 0.1) is 0 Å². The van der Waals surface area contributed by atoms with Gasteiger partial charge in [0, 0.05) is 31.9 Å². The molecule has 0 radical (unpaired) electrons. The van der Waals surface area contributed by atoms with Crippen LogP contribution < -0.4 is 0 Å². The van der Waals surface area contributed by atoms with E-state index in [1.165, 1.54) is 11.1 Å². The van der Waals surface area contributed by atoms with Crippen LogP contribution in [0.5, 0.6) is 0 Å². The first kappa shape index (κ1) is 16.3. The average Bonchev–Trinajstić information content (AvgIpc) is 2.95. The molecule has 3 heteroatoms. The Morgan fingerprint density at radius 2 is 0.960 bits per heavy atom. The fourth-order valence-corrected chi connectivity index (χ4v) is 3.29. The third-order valence-corrected chi connectivity index (χ3v) is 5.04. The van der Waals surface area contributed by atoms with Crippen molar-refractivity contribution in [2.24, 2.45) is 0 Å². The first-order valence-electron chi connectivity index (χ1n) is 8.08. The smallest absolute Gasteiger partial charge is 0.142 e. The zero-order valence-corrected chi connectivity index (χ0v) is 15.4. The second-order valence-electron chi connectivity index (χ2n) is 6.26. The largest absolute Gasteiger partial charge is 0.455 e. The van der Waals surface area contributed by atoms with Gasteiger partial charge in [0.15, 0.2) is 0 Å². The van der Waals surface area contributed by atoms with E-state index in [9.17, 15) is 0 Å². The van der Waals surface area contributed by atoms with Crippen LogP contribution >= 0.6 is 23.2 Å². The Kier molecular flexibility index (Phi) is 4.07. The molecule has 0 aliphatic heterocycles. The quantitative estimate of drug-likeness (QED) is 0.354. The molecule has 1 aromatic heterocycles. The molecular formula is C22H16Cl2O. The highest BCUT2D eigenvalue weighted by Gasteiger charge is 2.17. The Labute approximate surface area is 156 Å². The van der Waals surface area contributed by atoms with Crippen molar-refractivity contribution in [1.29, 1.82) is 0 Å². The molecule has 0 amide bonds. The van der Waals surface area contributed by atoms with Crippen LogP contribution in [0.3, 0.4) is 0 Å². The molecule has 1 nitrogen and oxygen atoms in total. The number of halogens is 2. The summed E-state index contributed by atoms with van der Waals surface area (Å²) in [4.78, 5) is 0. The second-order valence-corrected chi connectivity index (χ2v) is 7.13. The van der Waals surface area contributed by atoms with E-state index in [2.05, 4.69) is 26.0 Å². The number of hydrogen-bond donors (Lipinski definition) is 0. The predicted molar refractivity (Wildman–Crippen MR) is 107 cm³/mol. The molecule has 0 bridgehead atoms. The highest BCUT2D eigenvalue weighted by Crippen LogP contribution is 2.40. The van der Waals surface area contributed by atoms with Crippen LogP contribution in [-0.4, -0.2) is 0 Å². The number of rotatable bonds is 2. The molecule has 0 unspecified atom stereocenters. The third-order valence-electron chi connectivity index (χ3n) is 4.54. The van der Waals surface area contributed by atoms with Gasteiger partial charge in [-0.15, -0.1) is 0 Å². The summed E-state index contributed by atoms with van der Waals surface area (Å²) in [6.07, 6.45) is 0. The first-order valence-corrected chi connectivity index (χ1v) is 8.84. The van der Waals surface area contributed by atoms with Crippen molar-refractivity contribution in [1.82, 2.24) is 0 Å². The molecule has 25 heavy (non-hydrogen) atoms. The Morgan fingerprint density at radius 3 is 1.32 bits per heavy atom. The lowest BCUT2D eigenvalue weighted by Crippen LogP contribution is -1.82. The van der Waals surface area contributed by atoms with Crippen LogP contribution in [0.15, 0.2) is 65.1 Å². The summed E-state index contributed by atoms with van der Waals surface area (Å²) >= 11 is 12.1. The monoisotopic (exact) mass is 366 g/mol. The molecule has 3 aromatic carbocycles. The highest BCUT2D eigenvalue weighted by molar-refractivity contribution is 6.31. The van der Waals surface area contributed by atoms with E-state index in [1.54, 1.807) is 0 Å². The molecule has 1 heterocycles. The van der Waals surface area contributed by atoms with Crippen molar-refractivity contribution in [2.45, 2.75) is 13.8 Å². The maximum atomic E-state index is 6.34. The molecule has 0 N–H and O–H groups in total. The summed E-state index contributed by atoms with van der Waals surface area (Å²) in [5, 5.41) is 3.64. The van der Waals surface area contributed by atoms with E-state index in [4.69, 9.17) is 27.6 Å². The van der Waals surface area contributed by atoms with E-state index >= 15 is 0 Å². The number of benzene rings is 3. The molecule has 0 fully saturated rings. The topological polar surface area (TPSA) is 13.1 Å². The lowest BCUT2D eigenvalue weighted by atomic mass is 9.99. The molecule has 4 aromatic rings. The Bertz CT molecular complexity index is 973. The maximum absolute atomic E-state index is 6.34. The zero-order chi connectivity index (χ0) is 17.6. The summed E-state index contributed by atoms with van der Waals surface area (Å²) in [5.74, 6) is 1.72. The molecule has 0 saturated carbocycles. The van der Waals surface area contributed by atoms with Gasteiger partial charge in [0.2, 0.25) is 0 Å². The summed E-state index contributed by atoms with van der Waals surface area (Å²) in [6, 6.07) is 19.9. The molecule has 0 aliphatic rings. The highest BCUT2D eigenvalue weighted by atomic mass is 35.5. The fourth-order valence-electron chi connectivity index (χ4n) is 3.04. The van der Waals surface area contributed by atoms with Gasteiger partial charge in [0.1, 0.15) is 11.5 Å². The van der Waals surface area contributed by atoms with Crippen molar-refractivity contribution >= 4 is 34.0 Å². The predicted octanol–water partition coefficient (Wildman–Crippen LogP) is 7.69.